The molecule has 2 aliphatic heterocycles. The number of hydrogen-bond acceptors (Lipinski definition) is 5. The summed E-state index contributed by atoms with van der Waals surface area (Å²) in [4.78, 5) is 25.9. The SMILES string of the molecule is CCCCC(=O)C(CC)CN1CCC2(CC1)CN(c1ncncc1C)C2. The summed E-state index contributed by atoms with van der Waals surface area (Å²) in [7, 11) is 0. The highest BCUT2D eigenvalue weighted by Crippen LogP contribution is 2.42. The van der Waals surface area contributed by atoms with Gasteiger partial charge in [0.15, 0.2) is 0 Å². The number of aromatic nitrogens is 2. The molecule has 1 unspecified atom stereocenters. The van der Waals surface area contributed by atoms with E-state index in [0.717, 1.165) is 69.8 Å². The van der Waals surface area contributed by atoms with Gasteiger partial charge >= 0.3 is 0 Å². The average molecular weight is 359 g/mol. The fourth-order valence-electron chi connectivity index (χ4n) is 4.49. The van der Waals surface area contributed by atoms with E-state index in [-0.39, 0.29) is 5.92 Å². The molecule has 2 fully saturated rings. The summed E-state index contributed by atoms with van der Waals surface area (Å²) in [5, 5.41) is 0. The molecule has 2 saturated heterocycles. The molecule has 1 aromatic rings. The lowest BCUT2D eigenvalue weighted by molar-refractivity contribution is -0.124. The van der Waals surface area contributed by atoms with Crippen molar-refractivity contribution in [3.63, 3.8) is 0 Å². The minimum absolute atomic E-state index is 0.233. The van der Waals surface area contributed by atoms with Crippen molar-refractivity contribution in [2.24, 2.45) is 11.3 Å². The highest BCUT2D eigenvalue weighted by molar-refractivity contribution is 5.81. The molecule has 5 heteroatoms. The second-order valence-electron chi connectivity index (χ2n) is 8.36. The molecule has 0 N–H and O–H groups in total. The van der Waals surface area contributed by atoms with Crippen LogP contribution in [0.4, 0.5) is 5.82 Å². The van der Waals surface area contributed by atoms with Gasteiger partial charge in [-0.05, 0) is 45.7 Å². The van der Waals surface area contributed by atoms with Gasteiger partial charge in [0.25, 0.3) is 0 Å². The molecule has 0 aliphatic carbocycles. The van der Waals surface area contributed by atoms with Crippen molar-refractivity contribution in [1.82, 2.24) is 14.9 Å². The Kier molecular flexibility index (Phi) is 6.28. The summed E-state index contributed by atoms with van der Waals surface area (Å²) in [5.74, 6) is 1.81. The Morgan fingerprint density at radius 1 is 1.27 bits per heavy atom. The zero-order valence-electron chi connectivity index (χ0n) is 16.7. The number of hydrogen-bond donors (Lipinski definition) is 0. The molecule has 1 atom stereocenters. The first-order valence-electron chi connectivity index (χ1n) is 10.3. The molecule has 0 aromatic carbocycles. The smallest absolute Gasteiger partial charge is 0.137 e. The Bertz CT molecular complexity index is 602. The summed E-state index contributed by atoms with van der Waals surface area (Å²) < 4.78 is 0. The number of carbonyl (C=O) groups is 1. The van der Waals surface area contributed by atoms with Gasteiger partial charge < -0.3 is 9.80 Å². The summed E-state index contributed by atoms with van der Waals surface area (Å²) in [6.45, 7) is 11.9. The fraction of sp³-hybridized carbons (Fsp3) is 0.762. The Labute approximate surface area is 158 Å². The van der Waals surface area contributed by atoms with Crippen molar-refractivity contribution in [1.29, 1.82) is 0 Å². The topological polar surface area (TPSA) is 49.3 Å². The Morgan fingerprint density at radius 3 is 2.62 bits per heavy atom. The number of unbranched alkanes of at least 4 members (excludes halogenated alkanes) is 1. The lowest BCUT2D eigenvalue weighted by Crippen LogP contribution is -2.61. The molecule has 26 heavy (non-hydrogen) atoms. The predicted molar refractivity (Wildman–Crippen MR) is 105 cm³/mol. The molecule has 144 valence electrons. The monoisotopic (exact) mass is 358 g/mol. The van der Waals surface area contributed by atoms with Gasteiger partial charge in [-0.15, -0.1) is 0 Å². The van der Waals surface area contributed by atoms with Crippen LogP contribution >= 0.6 is 0 Å². The number of ketones is 1. The molecule has 0 radical (unpaired) electrons. The van der Waals surface area contributed by atoms with Crippen molar-refractivity contribution in [3.05, 3.63) is 18.1 Å². The molecule has 3 rings (SSSR count). The van der Waals surface area contributed by atoms with E-state index in [0.29, 0.717) is 11.2 Å². The van der Waals surface area contributed by atoms with Gasteiger partial charge in [0.1, 0.15) is 17.9 Å². The third-order valence-corrected chi connectivity index (χ3v) is 6.34. The molecule has 2 aliphatic rings. The van der Waals surface area contributed by atoms with Crippen LogP contribution < -0.4 is 4.90 Å². The molecule has 5 nitrogen and oxygen atoms in total. The summed E-state index contributed by atoms with van der Waals surface area (Å²) >= 11 is 0. The normalized spacial score (nSPS) is 20.8. The highest BCUT2D eigenvalue weighted by atomic mass is 16.1. The first kappa shape index (κ1) is 19.3. The fourth-order valence-corrected chi connectivity index (χ4v) is 4.49. The molecule has 0 saturated carbocycles. The number of nitrogens with zero attached hydrogens (tertiary/aromatic N) is 4. The van der Waals surface area contributed by atoms with Gasteiger partial charge in [-0.2, -0.15) is 0 Å². The van der Waals surface area contributed by atoms with E-state index in [1.54, 1.807) is 6.33 Å². The lowest BCUT2D eigenvalue weighted by Gasteiger charge is -2.55. The van der Waals surface area contributed by atoms with Gasteiger partial charge in [0.05, 0.1) is 0 Å². The van der Waals surface area contributed by atoms with Crippen LogP contribution in [0.2, 0.25) is 0 Å². The molecular formula is C21H34N4O. The van der Waals surface area contributed by atoms with E-state index in [1.807, 2.05) is 6.20 Å². The second kappa shape index (κ2) is 8.47. The first-order chi connectivity index (χ1) is 12.6. The molecule has 3 heterocycles. The van der Waals surface area contributed by atoms with Crippen LogP contribution in [-0.2, 0) is 4.79 Å². The van der Waals surface area contributed by atoms with Crippen LogP contribution in [0.3, 0.4) is 0 Å². The number of anilines is 1. The average Bonchev–Trinajstić information content (AvgIpc) is 2.63. The first-order valence-corrected chi connectivity index (χ1v) is 10.3. The molecule has 0 bridgehead atoms. The quantitative estimate of drug-likeness (QED) is 0.712. The predicted octanol–water partition coefficient (Wildman–Crippen LogP) is 3.47. The zero-order chi connectivity index (χ0) is 18.6. The number of aryl methyl sites for hydroxylation is 1. The molecule has 0 amide bonds. The molecular weight excluding hydrogens is 324 g/mol. The molecule has 1 aromatic heterocycles. The van der Waals surface area contributed by atoms with Crippen molar-refractivity contribution >= 4 is 11.6 Å². The van der Waals surface area contributed by atoms with Crippen LogP contribution in [0.5, 0.6) is 0 Å². The Balaban J connectivity index is 1.46. The maximum Gasteiger partial charge on any atom is 0.137 e. The van der Waals surface area contributed by atoms with E-state index < -0.39 is 0 Å². The minimum atomic E-state index is 0.233. The van der Waals surface area contributed by atoms with Gasteiger partial charge in [0.2, 0.25) is 0 Å². The van der Waals surface area contributed by atoms with Crippen LogP contribution in [0, 0.1) is 18.3 Å². The van der Waals surface area contributed by atoms with Gasteiger partial charge in [-0.3, -0.25) is 4.79 Å². The maximum absolute atomic E-state index is 12.4. The Hall–Kier alpha value is -1.49. The third-order valence-electron chi connectivity index (χ3n) is 6.34. The second-order valence-corrected chi connectivity index (χ2v) is 8.36. The maximum atomic E-state index is 12.4. The largest absolute Gasteiger partial charge is 0.355 e. The van der Waals surface area contributed by atoms with Crippen LogP contribution in [0.15, 0.2) is 12.5 Å². The molecule has 1 spiro atoms. The summed E-state index contributed by atoms with van der Waals surface area (Å²) in [5.41, 5.74) is 1.62. The van der Waals surface area contributed by atoms with Gasteiger partial charge in [0, 0.05) is 49.1 Å². The number of carbonyl (C=O) groups excluding carboxylic acids is 1. The van der Waals surface area contributed by atoms with Crippen molar-refractivity contribution in [2.75, 3.05) is 37.6 Å². The van der Waals surface area contributed by atoms with Crippen LogP contribution in [-0.4, -0.2) is 53.4 Å². The standard InChI is InChI=1S/C21H34N4O/c1-4-6-7-19(26)18(5-2)13-24-10-8-21(9-11-24)14-25(15-21)20-17(3)12-22-16-23-20/h12,16,18H,4-11,13-15H2,1-3H3. The van der Waals surface area contributed by atoms with Crippen LogP contribution in [0.25, 0.3) is 0 Å². The third kappa shape index (κ3) is 4.25. The van der Waals surface area contributed by atoms with Gasteiger partial charge in [-0.1, -0.05) is 20.3 Å². The van der Waals surface area contributed by atoms with E-state index in [2.05, 4.69) is 40.5 Å². The van der Waals surface area contributed by atoms with Gasteiger partial charge in [-0.25, -0.2) is 9.97 Å². The Morgan fingerprint density at radius 2 is 2.00 bits per heavy atom. The highest BCUT2D eigenvalue weighted by Gasteiger charge is 2.45. The number of rotatable bonds is 8. The van der Waals surface area contributed by atoms with E-state index in [4.69, 9.17) is 0 Å². The van der Waals surface area contributed by atoms with E-state index >= 15 is 0 Å². The van der Waals surface area contributed by atoms with E-state index in [1.165, 1.54) is 12.8 Å². The van der Waals surface area contributed by atoms with Crippen molar-refractivity contribution in [2.45, 2.75) is 59.3 Å². The van der Waals surface area contributed by atoms with Crippen LogP contribution in [0.1, 0.15) is 57.9 Å². The summed E-state index contributed by atoms with van der Waals surface area (Å²) in [6, 6.07) is 0. The number of Topliss-reactive ketones (excluding diaryl/α,β-unsaturated/α-hetero) is 1. The number of likely N-dealkylation sites (tertiary alicyclic amines) is 1. The minimum Gasteiger partial charge on any atom is -0.355 e. The van der Waals surface area contributed by atoms with Crippen molar-refractivity contribution in [3.8, 4) is 0 Å². The van der Waals surface area contributed by atoms with Crippen molar-refractivity contribution < 1.29 is 4.79 Å². The summed E-state index contributed by atoms with van der Waals surface area (Å²) in [6.07, 6.45) is 9.92. The number of piperidine rings is 1. The zero-order valence-corrected chi connectivity index (χ0v) is 16.7. The lowest BCUT2D eigenvalue weighted by atomic mass is 9.71. The van der Waals surface area contributed by atoms with E-state index in [9.17, 15) is 4.79 Å².